The Morgan fingerprint density at radius 2 is 1.71 bits per heavy atom. The van der Waals surface area contributed by atoms with Crippen LogP contribution < -0.4 is 0 Å². The number of aliphatic hydroxyl groups is 3. The summed E-state index contributed by atoms with van der Waals surface area (Å²) in [5.41, 5.74) is -1.50. The van der Waals surface area contributed by atoms with E-state index in [0.29, 0.717) is 12.7 Å². The predicted octanol–water partition coefficient (Wildman–Crippen LogP) is 3.01. The third-order valence-corrected chi connectivity index (χ3v) is 10.9. The molecular formula is C42H69NO15. The van der Waals surface area contributed by atoms with Gasteiger partial charge in [-0.2, -0.15) is 0 Å². The fraction of sp³-hybridized carbons (Fsp3) is 0.810. The Morgan fingerprint density at radius 1 is 1.02 bits per heavy atom. The number of allylic oxidation sites excluding steroid dienone is 2. The molecule has 0 spiro atoms. The topological polar surface area (TPSA) is 206 Å². The summed E-state index contributed by atoms with van der Waals surface area (Å²) in [5.74, 6) is -2.82. The Morgan fingerprint density at radius 3 is 2.29 bits per heavy atom. The van der Waals surface area contributed by atoms with E-state index in [4.69, 9.17) is 37.9 Å². The van der Waals surface area contributed by atoms with E-state index in [0.717, 1.165) is 0 Å². The van der Waals surface area contributed by atoms with Crippen molar-refractivity contribution in [1.82, 2.24) is 4.90 Å². The van der Waals surface area contributed by atoms with Gasteiger partial charge in [0.15, 0.2) is 18.7 Å². The summed E-state index contributed by atoms with van der Waals surface area (Å²) < 4.78 is 48.6. The van der Waals surface area contributed by atoms with Crippen LogP contribution in [0.1, 0.15) is 93.9 Å². The van der Waals surface area contributed by atoms with Crippen LogP contribution >= 0.6 is 0 Å². The van der Waals surface area contributed by atoms with E-state index >= 15 is 0 Å². The molecule has 58 heavy (non-hydrogen) atoms. The largest absolute Gasteiger partial charge is 0.462 e. The molecule has 0 aromatic carbocycles. The van der Waals surface area contributed by atoms with E-state index in [9.17, 15) is 34.5 Å². The SMILES string of the molecule is CO[C@H]1[C@H](O[C@@H]2O[C@H](C)[C@H](O[C@@H]3C[C@](C)(O)[C@H](OC(=O)CC(C)C)[C@H](C)O3)[C@@H](N(C)C)[C@@H]2O)[C@@H](CC=O)C[C@@H](C)[C@@H](O)/C=C/C=C/C[C@@H](C)OC(=O)C[C@@H]1OC(C)=O. The van der Waals surface area contributed by atoms with E-state index in [1.54, 1.807) is 71.0 Å². The normalized spacial score (nSPS) is 40.7. The van der Waals surface area contributed by atoms with Gasteiger partial charge in [-0.3, -0.25) is 14.4 Å². The van der Waals surface area contributed by atoms with Gasteiger partial charge in [-0.1, -0.05) is 45.1 Å². The molecule has 16 atom stereocenters. The van der Waals surface area contributed by atoms with E-state index in [2.05, 4.69) is 0 Å². The first kappa shape index (κ1) is 49.6. The van der Waals surface area contributed by atoms with Crippen molar-refractivity contribution in [2.75, 3.05) is 21.2 Å². The van der Waals surface area contributed by atoms with E-state index in [-0.39, 0.29) is 31.6 Å². The first-order valence-corrected chi connectivity index (χ1v) is 20.4. The third kappa shape index (κ3) is 14.2. The molecular weight excluding hydrogens is 758 g/mol. The molecule has 0 saturated carbocycles. The van der Waals surface area contributed by atoms with Crippen LogP contribution in [0.3, 0.4) is 0 Å². The number of methoxy groups -OCH3 is 1. The lowest BCUT2D eigenvalue weighted by molar-refractivity contribution is -0.344. The summed E-state index contributed by atoms with van der Waals surface area (Å²) in [4.78, 5) is 52.3. The van der Waals surface area contributed by atoms with Crippen LogP contribution in [-0.4, -0.2) is 151 Å². The number of nitrogens with zero attached hydrogens (tertiary/aromatic N) is 1. The smallest absolute Gasteiger partial charge is 0.309 e. The Balaban J connectivity index is 1.98. The second kappa shape index (κ2) is 22.7. The highest BCUT2D eigenvalue weighted by Gasteiger charge is 2.53. The zero-order chi connectivity index (χ0) is 43.5. The Bertz CT molecular complexity index is 1390. The van der Waals surface area contributed by atoms with Crippen LogP contribution in [0.5, 0.6) is 0 Å². The number of ether oxygens (including phenoxy) is 8. The fourth-order valence-corrected chi connectivity index (χ4v) is 8.08. The molecule has 332 valence electrons. The van der Waals surface area contributed by atoms with Crippen LogP contribution in [0, 0.1) is 17.8 Å². The van der Waals surface area contributed by atoms with Crippen molar-refractivity contribution >= 4 is 24.2 Å². The van der Waals surface area contributed by atoms with Gasteiger partial charge >= 0.3 is 17.9 Å². The first-order chi connectivity index (χ1) is 27.2. The molecule has 0 amide bonds. The number of likely N-dealkylation sites (N-methyl/N-ethyl adjacent to an activating group) is 1. The molecule has 2 saturated heterocycles. The number of cyclic esters (lactones) is 1. The minimum Gasteiger partial charge on any atom is -0.462 e. The van der Waals surface area contributed by atoms with Crippen molar-refractivity contribution in [2.24, 2.45) is 17.8 Å². The highest BCUT2D eigenvalue weighted by molar-refractivity contribution is 5.72. The maximum absolute atomic E-state index is 13.2. The van der Waals surface area contributed by atoms with Gasteiger partial charge in [-0.15, -0.1) is 0 Å². The molecule has 0 radical (unpaired) electrons. The lowest BCUT2D eigenvalue weighted by atomic mass is 9.82. The predicted molar refractivity (Wildman–Crippen MR) is 210 cm³/mol. The summed E-state index contributed by atoms with van der Waals surface area (Å²) in [7, 11) is 4.86. The second-order valence-electron chi connectivity index (χ2n) is 17.0. The highest BCUT2D eigenvalue weighted by atomic mass is 16.7. The van der Waals surface area contributed by atoms with Crippen LogP contribution in [0.2, 0.25) is 0 Å². The number of aldehydes is 1. The standard InChI is InChI=1S/C42H69NO15/c1-23(2)19-32(47)56-40-27(6)53-34(22-42(40,8)50)57-37-26(5)54-41(36(49)35(37)43(9)10)58-38-29(17-18-44)20-24(3)30(46)16-14-12-13-15-25(4)52-33(48)21-31(39(38)51-11)55-28(7)45/h12-14,16,18,23-27,29-31,34-41,46,49-50H,15,17,19-22H2,1-11H3/b13-12+,16-14+/t24-,25-,26-,27+,29+,30+,31+,34-,35+,36+,37+,38-,39-,40-,41+,42+/m1/s1. The van der Waals surface area contributed by atoms with Crippen molar-refractivity contribution in [2.45, 2.75) is 179 Å². The Hall–Kier alpha value is -2.80. The summed E-state index contributed by atoms with van der Waals surface area (Å²) in [6.45, 7) is 13.5. The summed E-state index contributed by atoms with van der Waals surface area (Å²) in [5, 5.41) is 34.6. The van der Waals surface area contributed by atoms with Crippen molar-refractivity contribution in [3.05, 3.63) is 24.3 Å². The van der Waals surface area contributed by atoms with E-state index in [1.807, 2.05) is 20.8 Å². The molecule has 3 aliphatic heterocycles. The monoisotopic (exact) mass is 827 g/mol. The van der Waals surface area contributed by atoms with Gasteiger partial charge in [0, 0.05) is 39.7 Å². The molecule has 16 nitrogen and oxygen atoms in total. The average Bonchev–Trinajstić information content (AvgIpc) is 3.09. The molecule has 3 aliphatic rings. The zero-order valence-corrected chi connectivity index (χ0v) is 36.1. The lowest BCUT2D eigenvalue weighted by Gasteiger charge is -2.50. The molecule has 0 bridgehead atoms. The van der Waals surface area contributed by atoms with Crippen molar-refractivity contribution in [1.29, 1.82) is 0 Å². The maximum atomic E-state index is 13.2. The van der Waals surface area contributed by atoms with Crippen LogP contribution in [0.25, 0.3) is 0 Å². The van der Waals surface area contributed by atoms with Gasteiger partial charge in [0.25, 0.3) is 0 Å². The third-order valence-electron chi connectivity index (χ3n) is 10.9. The van der Waals surface area contributed by atoms with Crippen LogP contribution in [0.15, 0.2) is 24.3 Å². The highest BCUT2D eigenvalue weighted by Crippen LogP contribution is 2.38. The second-order valence-corrected chi connectivity index (χ2v) is 17.0. The van der Waals surface area contributed by atoms with Gasteiger partial charge in [-0.05, 0) is 66.0 Å². The number of carbonyl (C=O) groups excluding carboxylic acids is 4. The molecule has 16 heteroatoms. The van der Waals surface area contributed by atoms with Gasteiger partial charge in [0.1, 0.15) is 42.4 Å². The number of aliphatic hydroxyl groups excluding tert-OH is 2. The maximum Gasteiger partial charge on any atom is 0.309 e. The molecule has 3 rings (SSSR count). The van der Waals surface area contributed by atoms with Crippen LogP contribution in [-0.2, 0) is 57.1 Å². The van der Waals surface area contributed by atoms with E-state index < -0.39 is 121 Å². The molecule has 3 N–H and O–H groups in total. The summed E-state index contributed by atoms with van der Waals surface area (Å²) in [6.07, 6.45) is -4.11. The van der Waals surface area contributed by atoms with Gasteiger partial charge in [0.05, 0.1) is 36.9 Å². The van der Waals surface area contributed by atoms with Gasteiger partial charge in [-0.25, -0.2) is 0 Å². The number of rotatable bonds is 12. The zero-order valence-electron chi connectivity index (χ0n) is 36.1. The summed E-state index contributed by atoms with van der Waals surface area (Å²) >= 11 is 0. The number of hydrogen-bond donors (Lipinski definition) is 3. The minimum absolute atomic E-state index is 0.0460. The Kier molecular flexibility index (Phi) is 19.4. The molecule has 0 aliphatic carbocycles. The Labute approximate surface area is 343 Å². The number of esters is 3. The minimum atomic E-state index is -1.50. The van der Waals surface area contributed by atoms with Gasteiger partial charge in [0.2, 0.25) is 0 Å². The fourth-order valence-electron chi connectivity index (χ4n) is 8.08. The summed E-state index contributed by atoms with van der Waals surface area (Å²) in [6, 6.07) is -0.782. The first-order valence-electron chi connectivity index (χ1n) is 20.4. The number of carbonyl (C=O) groups is 4. The molecule has 2 fully saturated rings. The molecule has 0 aromatic rings. The van der Waals surface area contributed by atoms with E-state index in [1.165, 1.54) is 14.0 Å². The molecule has 0 aromatic heterocycles. The molecule has 0 unspecified atom stereocenters. The average molecular weight is 828 g/mol. The van der Waals surface area contributed by atoms with Crippen molar-refractivity contribution < 1.29 is 72.4 Å². The quantitative estimate of drug-likeness (QED) is 0.147. The van der Waals surface area contributed by atoms with Crippen molar-refractivity contribution in [3.63, 3.8) is 0 Å². The van der Waals surface area contributed by atoms with Gasteiger partial charge < -0.3 is 62.9 Å². The van der Waals surface area contributed by atoms with Crippen molar-refractivity contribution in [3.8, 4) is 0 Å². The number of hydrogen-bond acceptors (Lipinski definition) is 16. The molecule has 3 heterocycles. The van der Waals surface area contributed by atoms with Crippen LogP contribution in [0.4, 0.5) is 0 Å². The lowest BCUT2D eigenvalue weighted by Crippen LogP contribution is -2.66.